The van der Waals surface area contributed by atoms with Crippen molar-refractivity contribution in [1.29, 1.82) is 0 Å². The number of hydrogen-bond donors (Lipinski definition) is 2. The van der Waals surface area contributed by atoms with Crippen molar-refractivity contribution in [1.82, 2.24) is 5.32 Å². The van der Waals surface area contributed by atoms with Gasteiger partial charge in [0.25, 0.3) is 5.91 Å². The first kappa shape index (κ1) is 17.5. The van der Waals surface area contributed by atoms with Crippen LogP contribution in [0, 0.1) is 0 Å². The Bertz CT molecular complexity index is 656. The number of methoxy groups -OCH3 is 1. The normalized spacial score (nSPS) is 12.0. The van der Waals surface area contributed by atoms with Crippen LogP contribution in [0.25, 0.3) is 0 Å². The van der Waals surface area contributed by atoms with E-state index in [1.807, 2.05) is 42.5 Å². The zero-order chi connectivity index (χ0) is 16.8. The van der Waals surface area contributed by atoms with Crippen LogP contribution in [0.2, 0.25) is 0 Å². The van der Waals surface area contributed by atoms with E-state index in [0.29, 0.717) is 12.1 Å². The summed E-state index contributed by atoms with van der Waals surface area (Å²) < 4.78 is 6.25. The average Bonchev–Trinajstić information content (AvgIpc) is 2.55. The van der Waals surface area contributed by atoms with Crippen LogP contribution in [0.3, 0.4) is 0 Å². The van der Waals surface area contributed by atoms with Crippen molar-refractivity contribution in [2.24, 2.45) is 0 Å². The summed E-state index contributed by atoms with van der Waals surface area (Å²) in [5.41, 5.74) is 1.80. The van der Waals surface area contributed by atoms with E-state index in [9.17, 15) is 4.79 Å². The van der Waals surface area contributed by atoms with Crippen molar-refractivity contribution in [2.45, 2.75) is 6.04 Å². The predicted octanol–water partition coefficient (Wildman–Crippen LogP) is 2.07. The molecule has 5 heteroatoms. The first-order valence-electron chi connectivity index (χ1n) is 7.49. The van der Waals surface area contributed by atoms with Gasteiger partial charge in [-0.2, -0.15) is 0 Å². The van der Waals surface area contributed by atoms with Gasteiger partial charge in [0.1, 0.15) is 11.8 Å². The smallest absolute Gasteiger partial charge is 0.251 e. The number of likely N-dealkylation sites (N-methyl/N-ethyl adjacent to an activating group) is 1. The standard InChI is InChI=1S/C18H21BrN2O2/c1-21(2)17(14-5-4-6-16(11-14)23-3)12-20-18(22)13-7-9-15(19)10-8-13/h4-11,17H,12H2,1-3H3,(H,20,22)/p+1/t17-/m1/s1. The van der Waals surface area contributed by atoms with E-state index in [1.165, 1.54) is 4.90 Å². The fourth-order valence-electron chi connectivity index (χ4n) is 2.41. The Kier molecular flexibility index (Phi) is 6.19. The molecule has 1 amide bonds. The van der Waals surface area contributed by atoms with Crippen LogP contribution < -0.4 is 15.0 Å². The maximum atomic E-state index is 12.3. The molecular weight excluding hydrogens is 356 g/mol. The maximum absolute atomic E-state index is 12.3. The highest BCUT2D eigenvalue weighted by molar-refractivity contribution is 9.10. The summed E-state index contributed by atoms with van der Waals surface area (Å²) in [5, 5.41) is 3.02. The number of halogens is 1. The molecule has 4 nitrogen and oxygen atoms in total. The van der Waals surface area contributed by atoms with Gasteiger partial charge in [-0.05, 0) is 36.4 Å². The molecule has 0 bridgehead atoms. The number of nitrogens with one attached hydrogen (secondary N) is 2. The van der Waals surface area contributed by atoms with Gasteiger partial charge in [-0.25, -0.2) is 0 Å². The SMILES string of the molecule is COc1cccc([C@@H](CNC(=O)c2ccc(Br)cc2)[NH+](C)C)c1. The first-order valence-corrected chi connectivity index (χ1v) is 8.28. The Morgan fingerprint density at radius 1 is 1.22 bits per heavy atom. The van der Waals surface area contributed by atoms with Gasteiger partial charge in [0.15, 0.2) is 0 Å². The second-order valence-electron chi connectivity index (χ2n) is 5.62. The lowest BCUT2D eigenvalue weighted by molar-refractivity contribution is -0.890. The molecule has 0 fully saturated rings. The lowest BCUT2D eigenvalue weighted by Gasteiger charge is -2.22. The van der Waals surface area contributed by atoms with Gasteiger partial charge in [0, 0.05) is 15.6 Å². The highest BCUT2D eigenvalue weighted by Gasteiger charge is 2.19. The molecule has 0 heterocycles. The number of carbonyl (C=O) groups is 1. The molecule has 0 aliphatic carbocycles. The molecule has 1 atom stereocenters. The number of ether oxygens (including phenoxy) is 1. The van der Waals surface area contributed by atoms with Crippen LogP contribution in [0.15, 0.2) is 53.0 Å². The Balaban J connectivity index is 2.07. The minimum atomic E-state index is -0.0633. The van der Waals surface area contributed by atoms with E-state index in [2.05, 4.69) is 41.4 Å². The molecule has 0 spiro atoms. The molecule has 0 aliphatic heterocycles. The fraction of sp³-hybridized carbons (Fsp3) is 0.278. The molecule has 0 aliphatic rings. The third-order valence-electron chi connectivity index (χ3n) is 3.77. The summed E-state index contributed by atoms with van der Waals surface area (Å²) >= 11 is 3.37. The Hall–Kier alpha value is -1.85. The van der Waals surface area contributed by atoms with Crippen molar-refractivity contribution >= 4 is 21.8 Å². The van der Waals surface area contributed by atoms with E-state index in [1.54, 1.807) is 7.11 Å². The molecule has 0 aromatic heterocycles. The quantitative estimate of drug-likeness (QED) is 0.809. The predicted molar refractivity (Wildman–Crippen MR) is 95.0 cm³/mol. The highest BCUT2D eigenvalue weighted by Crippen LogP contribution is 2.17. The largest absolute Gasteiger partial charge is 0.497 e. The lowest BCUT2D eigenvalue weighted by Crippen LogP contribution is -3.07. The van der Waals surface area contributed by atoms with Crippen molar-refractivity contribution in [3.63, 3.8) is 0 Å². The van der Waals surface area contributed by atoms with Crippen molar-refractivity contribution < 1.29 is 14.4 Å². The van der Waals surface area contributed by atoms with Crippen molar-refractivity contribution in [3.05, 3.63) is 64.1 Å². The van der Waals surface area contributed by atoms with Crippen molar-refractivity contribution in [3.8, 4) is 5.75 Å². The van der Waals surface area contributed by atoms with Gasteiger partial charge in [-0.3, -0.25) is 4.79 Å². The van der Waals surface area contributed by atoms with Crippen LogP contribution in [-0.2, 0) is 0 Å². The van der Waals surface area contributed by atoms with E-state index in [-0.39, 0.29) is 11.9 Å². The van der Waals surface area contributed by atoms with E-state index < -0.39 is 0 Å². The van der Waals surface area contributed by atoms with Gasteiger partial charge in [-0.15, -0.1) is 0 Å². The molecule has 0 saturated carbocycles. The molecule has 0 radical (unpaired) electrons. The summed E-state index contributed by atoms with van der Waals surface area (Å²) in [6, 6.07) is 15.5. The number of rotatable bonds is 6. The highest BCUT2D eigenvalue weighted by atomic mass is 79.9. The number of quaternary nitrogens is 1. The van der Waals surface area contributed by atoms with Gasteiger partial charge < -0.3 is 15.0 Å². The van der Waals surface area contributed by atoms with Crippen LogP contribution in [-0.4, -0.2) is 33.7 Å². The molecule has 2 rings (SSSR count). The molecule has 2 aromatic carbocycles. The first-order chi connectivity index (χ1) is 11.0. The van der Waals surface area contributed by atoms with Gasteiger partial charge in [0.2, 0.25) is 0 Å². The van der Waals surface area contributed by atoms with Gasteiger partial charge in [-0.1, -0.05) is 28.1 Å². The zero-order valence-electron chi connectivity index (χ0n) is 13.6. The fourth-order valence-corrected chi connectivity index (χ4v) is 2.68. The Labute approximate surface area is 145 Å². The van der Waals surface area contributed by atoms with Crippen LogP contribution in [0.4, 0.5) is 0 Å². The second kappa shape index (κ2) is 8.13. The van der Waals surface area contributed by atoms with Gasteiger partial charge in [0.05, 0.1) is 27.7 Å². The number of hydrogen-bond acceptors (Lipinski definition) is 2. The molecular formula is C18H22BrN2O2+. The summed E-state index contributed by atoms with van der Waals surface area (Å²) in [6.45, 7) is 0.560. The molecule has 2 aromatic rings. The van der Waals surface area contributed by atoms with Crippen molar-refractivity contribution in [2.75, 3.05) is 27.7 Å². The van der Waals surface area contributed by atoms with Crippen LogP contribution in [0.5, 0.6) is 5.75 Å². The monoisotopic (exact) mass is 377 g/mol. The average molecular weight is 378 g/mol. The Morgan fingerprint density at radius 2 is 1.91 bits per heavy atom. The second-order valence-corrected chi connectivity index (χ2v) is 6.54. The Morgan fingerprint density at radius 3 is 2.52 bits per heavy atom. The molecule has 23 heavy (non-hydrogen) atoms. The topological polar surface area (TPSA) is 42.8 Å². The maximum Gasteiger partial charge on any atom is 0.251 e. The van der Waals surface area contributed by atoms with Crippen LogP contribution in [0.1, 0.15) is 22.0 Å². The minimum Gasteiger partial charge on any atom is -0.497 e. The molecule has 122 valence electrons. The summed E-state index contributed by atoms with van der Waals surface area (Å²) in [7, 11) is 5.82. The zero-order valence-corrected chi connectivity index (χ0v) is 15.2. The number of benzene rings is 2. The number of carbonyl (C=O) groups excluding carboxylic acids is 1. The molecule has 0 saturated heterocycles. The van der Waals surface area contributed by atoms with Gasteiger partial charge >= 0.3 is 0 Å². The summed E-state index contributed by atoms with van der Waals surface area (Å²) in [6.07, 6.45) is 0. The lowest BCUT2D eigenvalue weighted by atomic mass is 10.1. The summed E-state index contributed by atoms with van der Waals surface area (Å²) in [5.74, 6) is 0.764. The number of amides is 1. The van der Waals surface area contributed by atoms with E-state index in [0.717, 1.165) is 15.8 Å². The van der Waals surface area contributed by atoms with E-state index in [4.69, 9.17) is 4.74 Å². The van der Waals surface area contributed by atoms with E-state index >= 15 is 0 Å². The third kappa shape index (κ3) is 4.81. The molecule has 0 unspecified atom stereocenters. The minimum absolute atomic E-state index is 0.0633. The summed E-state index contributed by atoms with van der Waals surface area (Å²) in [4.78, 5) is 13.5. The third-order valence-corrected chi connectivity index (χ3v) is 4.29. The molecule has 2 N–H and O–H groups in total. The van der Waals surface area contributed by atoms with Crippen LogP contribution >= 0.6 is 15.9 Å².